The first kappa shape index (κ1) is 33.3. The van der Waals surface area contributed by atoms with E-state index in [2.05, 4.69) is 5.32 Å². The Morgan fingerprint density at radius 3 is 2.34 bits per heavy atom. The number of benzene rings is 3. The molecule has 0 radical (unpaired) electrons. The second kappa shape index (κ2) is 16.0. The molecule has 0 heterocycles. The molecular weight excluding hydrogens is 598 g/mol. The van der Waals surface area contributed by atoms with Crippen molar-refractivity contribution in [2.45, 2.75) is 70.0 Å². The van der Waals surface area contributed by atoms with Gasteiger partial charge in [-0.2, -0.15) is 0 Å². The largest absolute Gasteiger partial charge is 0.497 e. The summed E-state index contributed by atoms with van der Waals surface area (Å²) in [4.78, 5) is 29.7. The minimum absolute atomic E-state index is 0.0541. The molecule has 44 heavy (non-hydrogen) atoms. The van der Waals surface area contributed by atoms with Gasteiger partial charge in [-0.3, -0.25) is 13.9 Å². The number of carbonyl (C=O) groups is 2. The van der Waals surface area contributed by atoms with E-state index in [9.17, 15) is 18.0 Å². The summed E-state index contributed by atoms with van der Waals surface area (Å²) < 4.78 is 32.0. The molecule has 1 atom stereocenters. The van der Waals surface area contributed by atoms with Crippen molar-refractivity contribution in [1.82, 2.24) is 10.2 Å². The first-order chi connectivity index (χ1) is 21.1. The molecule has 1 saturated carbocycles. The molecule has 10 heteroatoms. The fourth-order valence-electron chi connectivity index (χ4n) is 5.70. The van der Waals surface area contributed by atoms with Crippen molar-refractivity contribution in [3.05, 3.63) is 95.0 Å². The van der Waals surface area contributed by atoms with Crippen LogP contribution in [0.5, 0.6) is 5.75 Å². The monoisotopic (exact) mass is 639 g/mol. The maximum absolute atomic E-state index is 14.1. The Morgan fingerprint density at radius 1 is 0.955 bits per heavy atom. The fourth-order valence-corrected chi connectivity index (χ4v) is 6.84. The van der Waals surface area contributed by atoms with Crippen LogP contribution in [-0.4, -0.2) is 57.1 Å². The standard InChI is InChI=1S/C34H42ClN3O5S/c1-43-31-19-9-14-27(22-31)25-37(33(39)20-11-21-38(44(2,41)42)30-18-10-15-28(35)24-30)32(23-26-12-5-3-6-13-26)34(40)36-29-16-7-4-8-17-29/h3,5-6,9-10,12-15,18-19,22,24,29,32H,4,7-8,11,16-17,20-21,23,25H2,1-2H3,(H,36,40)/t32-/m0/s1. The van der Waals surface area contributed by atoms with Crippen molar-refractivity contribution >= 4 is 39.1 Å². The normalized spacial score (nSPS) is 14.4. The van der Waals surface area contributed by atoms with Crippen LogP contribution in [0.1, 0.15) is 56.1 Å². The molecule has 3 aromatic rings. The van der Waals surface area contributed by atoms with Crippen molar-refractivity contribution in [2.24, 2.45) is 0 Å². The molecule has 0 spiro atoms. The summed E-state index contributed by atoms with van der Waals surface area (Å²) in [5, 5.41) is 3.67. The van der Waals surface area contributed by atoms with Crippen LogP contribution in [0.15, 0.2) is 78.9 Å². The van der Waals surface area contributed by atoms with Crippen molar-refractivity contribution in [3.8, 4) is 5.75 Å². The zero-order chi connectivity index (χ0) is 31.5. The van der Waals surface area contributed by atoms with E-state index in [1.165, 1.54) is 10.7 Å². The maximum Gasteiger partial charge on any atom is 0.243 e. The molecule has 0 aromatic heterocycles. The predicted molar refractivity (Wildman–Crippen MR) is 175 cm³/mol. The number of amides is 2. The molecule has 1 fully saturated rings. The Morgan fingerprint density at radius 2 is 1.66 bits per heavy atom. The van der Waals surface area contributed by atoms with Gasteiger partial charge in [-0.1, -0.05) is 79.4 Å². The van der Waals surface area contributed by atoms with E-state index >= 15 is 0 Å². The number of methoxy groups -OCH3 is 1. The molecule has 8 nitrogen and oxygen atoms in total. The van der Waals surface area contributed by atoms with Gasteiger partial charge in [0.2, 0.25) is 21.8 Å². The number of nitrogens with zero attached hydrogens (tertiary/aromatic N) is 2. The van der Waals surface area contributed by atoms with E-state index in [4.69, 9.17) is 16.3 Å². The molecule has 0 bridgehead atoms. The van der Waals surface area contributed by atoms with Gasteiger partial charge in [0.25, 0.3) is 0 Å². The molecule has 1 aliphatic rings. The number of nitrogens with one attached hydrogen (secondary N) is 1. The van der Waals surface area contributed by atoms with Crippen LogP contribution in [0.4, 0.5) is 5.69 Å². The Hall–Kier alpha value is -3.56. The Balaban J connectivity index is 1.60. The summed E-state index contributed by atoms with van der Waals surface area (Å²) in [5.41, 5.74) is 2.22. The number of hydrogen-bond acceptors (Lipinski definition) is 5. The van der Waals surface area contributed by atoms with Crippen LogP contribution in [-0.2, 0) is 32.6 Å². The summed E-state index contributed by atoms with van der Waals surface area (Å²) >= 11 is 6.14. The third-order valence-electron chi connectivity index (χ3n) is 7.96. The fraction of sp³-hybridized carbons (Fsp3) is 0.412. The van der Waals surface area contributed by atoms with Crippen LogP contribution >= 0.6 is 11.6 Å². The molecule has 3 aromatic carbocycles. The van der Waals surface area contributed by atoms with Crippen LogP contribution in [0.25, 0.3) is 0 Å². The van der Waals surface area contributed by atoms with E-state index in [0.29, 0.717) is 22.9 Å². The van der Waals surface area contributed by atoms with E-state index in [1.807, 2.05) is 54.6 Å². The molecule has 1 N–H and O–H groups in total. The Bertz CT molecular complexity index is 1500. The lowest BCUT2D eigenvalue weighted by molar-refractivity contribution is -0.141. The highest BCUT2D eigenvalue weighted by Gasteiger charge is 2.32. The molecule has 236 valence electrons. The average molecular weight is 640 g/mol. The van der Waals surface area contributed by atoms with Gasteiger partial charge >= 0.3 is 0 Å². The van der Waals surface area contributed by atoms with Gasteiger partial charge in [0.15, 0.2) is 0 Å². The van der Waals surface area contributed by atoms with E-state index in [-0.39, 0.29) is 43.8 Å². The van der Waals surface area contributed by atoms with Crippen LogP contribution in [0.3, 0.4) is 0 Å². The number of rotatable bonds is 14. The maximum atomic E-state index is 14.1. The summed E-state index contributed by atoms with van der Waals surface area (Å²) in [5.74, 6) is 0.257. The smallest absolute Gasteiger partial charge is 0.243 e. The topological polar surface area (TPSA) is 96.0 Å². The lowest BCUT2D eigenvalue weighted by Gasteiger charge is -2.34. The number of anilines is 1. The zero-order valence-electron chi connectivity index (χ0n) is 25.5. The molecule has 0 unspecified atom stereocenters. The first-order valence-electron chi connectivity index (χ1n) is 15.1. The summed E-state index contributed by atoms with van der Waals surface area (Å²) in [6.45, 7) is 0.297. The van der Waals surface area contributed by atoms with E-state index in [0.717, 1.165) is 43.1 Å². The number of carbonyl (C=O) groups excluding carboxylic acids is 2. The first-order valence-corrected chi connectivity index (χ1v) is 17.4. The van der Waals surface area contributed by atoms with Crippen molar-refractivity contribution in [1.29, 1.82) is 0 Å². The number of halogens is 1. The third-order valence-corrected chi connectivity index (χ3v) is 9.39. The minimum atomic E-state index is -3.62. The van der Waals surface area contributed by atoms with Gasteiger partial charge < -0.3 is 15.0 Å². The minimum Gasteiger partial charge on any atom is -0.497 e. The zero-order valence-corrected chi connectivity index (χ0v) is 27.0. The Labute approximate surface area is 266 Å². The lowest BCUT2D eigenvalue weighted by Crippen LogP contribution is -2.52. The van der Waals surface area contributed by atoms with E-state index in [1.54, 1.807) is 36.3 Å². The van der Waals surface area contributed by atoms with Crippen LogP contribution in [0, 0.1) is 0 Å². The van der Waals surface area contributed by atoms with Crippen molar-refractivity contribution < 1.29 is 22.7 Å². The number of hydrogen-bond donors (Lipinski definition) is 1. The Kier molecular flexibility index (Phi) is 12.1. The number of sulfonamides is 1. The number of ether oxygens (including phenoxy) is 1. The average Bonchev–Trinajstić information content (AvgIpc) is 3.01. The lowest BCUT2D eigenvalue weighted by atomic mass is 9.94. The highest BCUT2D eigenvalue weighted by molar-refractivity contribution is 7.92. The third kappa shape index (κ3) is 9.72. The highest BCUT2D eigenvalue weighted by atomic mass is 35.5. The van der Waals surface area contributed by atoms with Crippen LogP contribution < -0.4 is 14.4 Å². The molecule has 0 saturated heterocycles. The van der Waals surface area contributed by atoms with Gasteiger partial charge in [0.05, 0.1) is 19.1 Å². The second-order valence-electron chi connectivity index (χ2n) is 11.3. The predicted octanol–water partition coefficient (Wildman–Crippen LogP) is 5.98. The van der Waals surface area contributed by atoms with Gasteiger partial charge in [0.1, 0.15) is 11.8 Å². The van der Waals surface area contributed by atoms with Crippen LogP contribution in [0.2, 0.25) is 5.02 Å². The quantitative estimate of drug-likeness (QED) is 0.234. The summed E-state index contributed by atoms with van der Waals surface area (Å²) in [6, 6.07) is 23.1. The second-order valence-corrected chi connectivity index (χ2v) is 13.7. The summed E-state index contributed by atoms with van der Waals surface area (Å²) in [7, 11) is -2.04. The van der Waals surface area contributed by atoms with Gasteiger partial charge in [-0.05, 0) is 60.7 Å². The van der Waals surface area contributed by atoms with E-state index < -0.39 is 16.1 Å². The summed E-state index contributed by atoms with van der Waals surface area (Å²) in [6.07, 6.45) is 6.97. The molecule has 4 rings (SSSR count). The van der Waals surface area contributed by atoms with Crippen molar-refractivity contribution in [2.75, 3.05) is 24.2 Å². The van der Waals surface area contributed by atoms with Crippen molar-refractivity contribution in [3.63, 3.8) is 0 Å². The molecule has 0 aliphatic heterocycles. The van der Waals surface area contributed by atoms with Gasteiger partial charge in [-0.15, -0.1) is 0 Å². The van der Waals surface area contributed by atoms with Gasteiger partial charge in [0, 0.05) is 37.0 Å². The van der Waals surface area contributed by atoms with Gasteiger partial charge in [-0.25, -0.2) is 8.42 Å². The molecule has 1 aliphatic carbocycles. The SMILES string of the molecule is COc1cccc(CN(C(=O)CCCN(c2cccc(Cl)c2)S(C)(=O)=O)[C@@H](Cc2ccccc2)C(=O)NC2CCCCC2)c1. The molecule has 2 amide bonds. The highest BCUT2D eigenvalue weighted by Crippen LogP contribution is 2.24. The molecular formula is C34H42ClN3O5S.